The van der Waals surface area contributed by atoms with Gasteiger partial charge >= 0.3 is 0 Å². The Balaban J connectivity index is 1.93. The first-order valence-electron chi connectivity index (χ1n) is 7.31. The Morgan fingerprint density at radius 1 is 1.50 bits per heavy atom. The molecule has 6 heteroatoms. The van der Waals surface area contributed by atoms with Crippen molar-refractivity contribution in [2.45, 2.75) is 43.5 Å². The summed E-state index contributed by atoms with van der Waals surface area (Å²) in [5.41, 5.74) is 7.33. The van der Waals surface area contributed by atoms with Crippen molar-refractivity contribution in [1.82, 2.24) is 14.7 Å². The third-order valence-electron chi connectivity index (χ3n) is 3.76. The monoisotopic (exact) mass is 316 g/mol. The Morgan fingerprint density at radius 2 is 2.20 bits per heavy atom. The van der Waals surface area contributed by atoms with Gasteiger partial charge in [-0.25, -0.2) is 0 Å². The van der Waals surface area contributed by atoms with Crippen LogP contribution in [0, 0.1) is 0 Å². The summed E-state index contributed by atoms with van der Waals surface area (Å²) in [6, 6.07) is -0.0298. The summed E-state index contributed by atoms with van der Waals surface area (Å²) >= 11 is 8.26. The van der Waals surface area contributed by atoms with Gasteiger partial charge < -0.3 is 10.6 Å². The number of hydrogen-bond acceptors (Lipinski definition) is 4. The Hall–Kier alpha value is -0.230. The summed E-state index contributed by atoms with van der Waals surface area (Å²) in [6.07, 6.45) is 7.13. The number of likely N-dealkylation sites (N-methyl/N-ethyl adjacent to an activating group) is 1. The van der Waals surface area contributed by atoms with Gasteiger partial charge in [-0.3, -0.25) is 4.68 Å². The van der Waals surface area contributed by atoms with Crippen LogP contribution in [0.15, 0.2) is 6.20 Å². The highest BCUT2D eigenvalue weighted by molar-refractivity contribution is 7.99. The average Bonchev–Trinajstić information content (AvgIpc) is 3.03. The Labute approximate surface area is 131 Å². The zero-order chi connectivity index (χ0) is 14.5. The van der Waals surface area contributed by atoms with E-state index in [1.165, 1.54) is 25.7 Å². The van der Waals surface area contributed by atoms with Crippen LogP contribution in [0.2, 0.25) is 5.02 Å². The zero-order valence-corrected chi connectivity index (χ0v) is 14.0. The van der Waals surface area contributed by atoms with Crippen molar-refractivity contribution in [1.29, 1.82) is 0 Å². The second-order valence-corrected chi connectivity index (χ2v) is 7.49. The van der Waals surface area contributed by atoms with E-state index in [0.29, 0.717) is 5.02 Å². The fourth-order valence-corrected chi connectivity index (χ4v) is 4.17. The lowest BCUT2D eigenvalue weighted by atomic mass is 10.2. The minimum absolute atomic E-state index is 0.0298. The van der Waals surface area contributed by atoms with Crippen LogP contribution in [0.5, 0.6) is 0 Å². The van der Waals surface area contributed by atoms with Gasteiger partial charge in [-0.15, -0.1) is 0 Å². The van der Waals surface area contributed by atoms with Crippen LogP contribution < -0.4 is 5.73 Å². The summed E-state index contributed by atoms with van der Waals surface area (Å²) in [4.78, 5) is 2.14. The van der Waals surface area contributed by atoms with E-state index in [-0.39, 0.29) is 6.04 Å². The molecular formula is C14H25ClN4S. The second kappa shape index (κ2) is 7.69. The molecule has 1 aromatic rings. The molecule has 0 aromatic carbocycles. The SMILES string of the molecule is CN(C)CCn1ncc(Cl)c1C(N)CSC1CCCC1. The van der Waals surface area contributed by atoms with Gasteiger partial charge in [0.05, 0.1) is 29.5 Å². The number of thioether (sulfide) groups is 1. The summed E-state index contributed by atoms with van der Waals surface area (Å²) < 4.78 is 1.96. The highest BCUT2D eigenvalue weighted by Gasteiger charge is 2.21. The number of aromatic nitrogens is 2. The van der Waals surface area contributed by atoms with E-state index < -0.39 is 0 Å². The van der Waals surface area contributed by atoms with E-state index in [1.807, 2.05) is 16.4 Å². The van der Waals surface area contributed by atoms with Crippen LogP contribution in [0.1, 0.15) is 37.4 Å². The highest BCUT2D eigenvalue weighted by Crippen LogP contribution is 2.32. The molecule has 1 fully saturated rings. The molecule has 1 unspecified atom stereocenters. The van der Waals surface area contributed by atoms with Crippen LogP contribution in [-0.4, -0.2) is 46.3 Å². The van der Waals surface area contributed by atoms with Gasteiger partial charge in [0.1, 0.15) is 0 Å². The topological polar surface area (TPSA) is 47.1 Å². The zero-order valence-electron chi connectivity index (χ0n) is 12.4. The standard InChI is InChI=1S/C14H25ClN4S/c1-18(2)7-8-19-14(12(15)9-17-19)13(16)10-20-11-5-3-4-6-11/h9,11,13H,3-8,10,16H2,1-2H3. The molecule has 0 spiro atoms. The third kappa shape index (κ3) is 4.38. The van der Waals surface area contributed by atoms with Crippen molar-refractivity contribution in [3.8, 4) is 0 Å². The molecule has 20 heavy (non-hydrogen) atoms. The lowest BCUT2D eigenvalue weighted by molar-refractivity contribution is 0.367. The van der Waals surface area contributed by atoms with Crippen molar-refractivity contribution < 1.29 is 0 Å². The number of nitrogens with zero attached hydrogens (tertiary/aromatic N) is 3. The maximum atomic E-state index is 6.35. The van der Waals surface area contributed by atoms with Crippen molar-refractivity contribution in [3.63, 3.8) is 0 Å². The van der Waals surface area contributed by atoms with E-state index in [9.17, 15) is 0 Å². The first kappa shape index (κ1) is 16.1. The summed E-state index contributed by atoms with van der Waals surface area (Å²) in [5.74, 6) is 0.929. The Morgan fingerprint density at radius 3 is 2.85 bits per heavy atom. The van der Waals surface area contributed by atoms with Crippen LogP contribution in [0.3, 0.4) is 0 Å². The van der Waals surface area contributed by atoms with Gasteiger partial charge in [0, 0.05) is 17.5 Å². The second-order valence-electron chi connectivity index (χ2n) is 5.75. The van der Waals surface area contributed by atoms with Crippen LogP contribution in [0.25, 0.3) is 0 Å². The third-order valence-corrected chi connectivity index (χ3v) is 5.54. The molecule has 0 bridgehead atoms. The molecule has 0 saturated heterocycles. The molecule has 1 aliphatic carbocycles. The highest BCUT2D eigenvalue weighted by atomic mass is 35.5. The molecular weight excluding hydrogens is 292 g/mol. The van der Waals surface area contributed by atoms with Gasteiger partial charge in [0.2, 0.25) is 0 Å². The molecule has 0 amide bonds. The minimum Gasteiger partial charge on any atom is -0.322 e. The van der Waals surface area contributed by atoms with Crippen molar-refractivity contribution in [2.75, 3.05) is 26.4 Å². The predicted molar refractivity (Wildman–Crippen MR) is 87.4 cm³/mol. The first-order chi connectivity index (χ1) is 9.58. The van der Waals surface area contributed by atoms with Gasteiger partial charge in [0.25, 0.3) is 0 Å². The fraction of sp³-hybridized carbons (Fsp3) is 0.786. The van der Waals surface area contributed by atoms with Crippen LogP contribution in [-0.2, 0) is 6.54 Å². The van der Waals surface area contributed by atoms with Crippen molar-refractivity contribution >= 4 is 23.4 Å². The van der Waals surface area contributed by atoms with Gasteiger partial charge in [-0.1, -0.05) is 24.4 Å². The largest absolute Gasteiger partial charge is 0.322 e. The summed E-state index contributed by atoms with van der Waals surface area (Å²) in [6.45, 7) is 1.77. The van der Waals surface area contributed by atoms with E-state index in [4.69, 9.17) is 17.3 Å². The maximum Gasteiger partial charge on any atom is 0.0834 e. The Bertz CT molecular complexity index is 415. The summed E-state index contributed by atoms with van der Waals surface area (Å²) in [5, 5.41) is 5.84. The molecule has 1 saturated carbocycles. The predicted octanol–water partition coefficient (Wildman–Crippen LogP) is 2.77. The lowest BCUT2D eigenvalue weighted by Crippen LogP contribution is -2.24. The van der Waals surface area contributed by atoms with E-state index in [0.717, 1.165) is 29.8 Å². The fourth-order valence-electron chi connectivity index (χ4n) is 2.59. The molecule has 0 aliphatic heterocycles. The van der Waals surface area contributed by atoms with Gasteiger partial charge in [0.15, 0.2) is 0 Å². The minimum atomic E-state index is -0.0298. The van der Waals surface area contributed by atoms with Crippen LogP contribution >= 0.6 is 23.4 Å². The van der Waals surface area contributed by atoms with Crippen molar-refractivity contribution in [2.24, 2.45) is 5.73 Å². The molecule has 1 heterocycles. The number of rotatable bonds is 7. The van der Waals surface area contributed by atoms with Gasteiger partial charge in [-0.05, 0) is 26.9 Å². The normalized spacial score (nSPS) is 18.1. The summed E-state index contributed by atoms with van der Waals surface area (Å²) in [7, 11) is 4.11. The molecule has 2 N–H and O–H groups in total. The number of nitrogens with two attached hydrogens (primary N) is 1. The van der Waals surface area contributed by atoms with Crippen LogP contribution in [0.4, 0.5) is 0 Å². The lowest BCUT2D eigenvalue weighted by Gasteiger charge is -2.18. The van der Waals surface area contributed by atoms with E-state index in [2.05, 4.69) is 24.1 Å². The number of halogens is 1. The Kier molecular flexibility index (Phi) is 6.20. The first-order valence-corrected chi connectivity index (χ1v) is 8.73. The molecule has 1 aliphatic rings. The molecule has 114 valence electrons. The molecule has 1 atom stereocenters. The average molecular weight is 317 g/mol. The molecule has 2 rings (SSSR count). The number of hydrogen-bond donors (Lipinski definition) is 1. The molecule has 4 nitrogen and oxygen atoms in total. The van der Waals surface area contributed by atoms with E-state index >= 15 is 0 Å². The van der Waals surface area contributed by atoms with Crippen molar-refractivity contribution in [3.05, 3.63) is 16.9 Å². The van der Waals surface area contributed by atoms with E-state index in [1.54, 1.807) is 6.20 Å². The molecule has 0 radical (unpaired) electrons. The maximum absolute atomic E-state index is 6.35. The molecule has 1 aromatic heterocycles. The smallest absolute Gasteiger partial charge is 0.0834 e. The quantitative estimate of drug-likeness (QED) is 0.840. The van der Waals surface area contributed by atoms with Gasteiger partial charge in [-0.2, -0.15) is 16.9 Å².